The molecule has 3 rings (SSSR count). The van der Waals surface area contributed by atoms with Gasteiger partial charge in [0.2, 0.25) is 0 Å². The van der Waals surface area contributed by atoms with Crippen LogP contribution in [-0.4, -0.2) is 6.54 Å². The van der Waals surface area contributed by atoms with Crippen LogP contribution in [0.2, 0.25) is 5.02 Å². The third kappa shape index (κ3) is 3.14. The number of halogens is 1. The summed E-state index contributed by atoms with van der Waals surface area (Å²) in [5, 5.41) is 4.50. The Labute approximate surface area is 132 Å². The third-order valence-corrected chi connectivity index (χ3v) is 4.73. The Morgan fingerprint density at radius 3 is 2.67 bits per heavy atom. The SMILES string of the molecule is CCNC(c1cc(Cl)ccc1C)C1CC1c1ccccc1. The molecule has 0 bridgehead atoms. The summed E-state index contributed by atoms with van der Waals surface area (Å²) in [6, 6.07) is 17.5. The van der Waals surface area contributed by atoms with E-state index in [-0.39, 0.29) is 0 Å². The predicted molar refractivity (Wildman–Crippen MR) is 89.9 cm³/mol. The highest BCUT2D eigenvalue weighted by Crippen LogP contribution is 2.54. The summed E-state index contributed by atoms with van der Waals surface area (Å²) in [5.74, 6) is 1.35. The number of aryl methyl sites for hydroxylation is 1. The topological polar surface area (TPSA) is 12.0 Å². The molecule has 2 aromatic carbocycles. The fourth-order valence-corrected chi connectivity index (χ4v) is 3.51. The molecule has 0 heterocycles. The van der Waals surface area contributed by atoms with Gasteiger partial charge in [0, 0.05) is 11.1 Å². The number of rotatable bonds is 5. The third-order valence-electron chi connectivity index (χ3n) is 4.50. The minimum absolute atomic E-state index is 0.402. The number of benzene rings is 2. The normalized spacial score (nSPS) is 22.0. The molecule has 3 atom stereocenters. The minimum atomic E-state index is 0.402. The molecule has 0 amide bonds. The van der Waals surface area contributed by atoms with Crippen LogP contribution in [0.1, 0.15) is 42.0 Å². The van der Waals surface area contributed by atoms with Gasteiger partial charge in [0.05, 0.1) is 0 Å². The van der Waals surface area contributed by atoms with Crippen molar-refractivity contribution < 1.29 is 0 Å². The second kappa shape index (κ2) is 6.21. The summed E-state index contributed by atoms with van der Waals surface area (Å²) >= 11 is 6.21. The van der Waals surface area contributed by atoms with E-state index in [0.29, 0.717) is 17.9 Å². The average molecular weight is 300 g/mol. The van der Waals surface area contributed by atoms with Crippen LogP contribution in [-0.2, 0) is 0 Å². The van der Waals surface area contributed by atoms with E-state index < -0.39 is 0 Å². The van der Waals surface area contributed by atoms with Gasteiger partial charge in [-0.15, -0.1) is 0 Å². The van der Waals surface area contributed by atoms with Crippen molar-refractivity contribution in [3.8, 4) is 0 Å². The first kappa shape index (κ1) is 14.6. The van der Waals surface area contributed by atoms with E-state index in [0.717, 1.165) is 11.6 Å². The quantitative estimate of drug-likeness (QED) is 0.809. The summed E-state index contributed by atoms with van der Waals surface area (Å²) in [6.45, 7) is 5.33. The van der Waals surface area contributed by atoms with Crippen LogP contribution in [0.3, 0.4) is 0 Å². The molecule has 0 saturated heterocycles. The van der Waals surface area contributed by atoms with Crippen LogP contribution in [0, 0.1) is 12.8 Å². The molecular weight excluding hydrogens is 278 g/mol. The van der Waals surface area contributed by atoms with Gasteiger partial charge in [-0.2, -0.15) is 0 Å². The zero-order valence-corrected chi connectivity index (χ0v) is 13.4. The van der Waals surface area contributed by atoms with Crippen molar-refractivity contribution in [3.63, 3.8) is 0 Å². The maximum absolute atomic E-state index is 6.21. The summed E-state index contributed by atoms with van der Waals surface area (Å²) in [5.41, 5.74) is 4.14. The van der Waals surface area contributed by atoms with E-state index >= 15 is 0 Å². The molecule has 1 fully saturated rings. The molecule has 1 nitrogen and oxygen atoms in total. The van der Waals surface area contributed by atoms with Crippen molar-refractivity contribution >= 4 is 11.6 Å². The standard InChI is InChI=1S/C19H22ClN/c1-3-21-19(16-11-15(20)10-9-13(16)2)18-12-17(18)14-7-5-4-6-8-14/h4-11,17-19,21H,3,12H2,1-2H3. The fourth-order valence-electron chi connectivity index (χ4n) is 3.32. The Kier molecular flexibility index (Phi) is 4.32. The van der Waals surface area contributed by atoms with Crippen LogP contribution in [0.15, 0.2) is 48.5 Å². The van der Waals surface area contributed by atoms with E-state index in [9.17, 15) is 0 Å². The van der Waals surface area contributed by atoms with E-state index in [4.69, 9.17) is 11.6 Å². The van der Waals surface area contributed by atoms with Crippen LogP contribution in [0.4, 0.5) is 0 Å². The van der Waals surface area contributed by atoms with Crippen LogP contribution in [0.25, 0.3) is 0 Å². The number of nitrogens with one attached hydrogen (secondary N) is 1. The van der Waals surface area contributed by atoms with Gasteiger partial charge >= 0.3 is 0 Å². The van der Waals surface area contributed by atoms with Crippen molar-refractivity contribution in [1.29, 1.82) is 0 Å². The van der Waals surface area contributed by atoms with Crippen molar-refractivity contribution in [3.05, 3.63) is 70.2 Å². The Morgan fingerprint density at radius 1 is 1.19 bits per heavy atom. The summed E-state index contributed by atoms with van der Waals surface area (Å²) in [6.07, 6.45) is 1.26. The smallest absolute Gasteiger partial charge is 0.0409 e. The number of hydrogen-bond donors (Lipinski definition) is 1. The first-order valence-electron chi connectivity index (χ1n) is 7.75. The van der Waals surface area contributed by atoms with E-state index in [1.165, 1.54) is 23.1 Å². The molecule has 3 unspecified atom stereocenters. The summed E-state index contributed by atoms with van der Waals surface area (Å²) in [4.78, 5) is 0. The first-order chi connectivity index (χ1) is 10.2. The Balaban J connectivity index is 1.85. The molecule has 0 radical (unpaired) electrons. The van der Waals surface area contributed by atoms with Gasteiger partial charge in [-0.05, 0) is 60.5 Å². The summed E-state index contributed by atoms with van der Waals surface area (Å²) in [7, 11) is 0. The zero-order chi connectivity index (χ0) is 14.8. The monoisotopic (exact) mass is 299 g/mol. The van der Waals surface area contributed by atoms with Crippen molar-refractivity contribution in [2.24, 2.45) is 5.92 Å². The Hall–Kier alpha value is -1.31. The molecule has 110 valence electrons. The van der Waals surface area contributed by atoms with Gasteiger partial charge < -0.3 is 5.32 Å². The molecule has 1 aliphatic rings. The summed E-state index contributed by atoms with van der Waals surface area (Å²) < 4.78 is 0. The van der Waals surface area contributed by atoms with Crippen LogP contribution >= 0.6 is 11.6 Å². The lowest BCUT2D eigenvalue weighted by Crippen LogP contribution is -2.24. The Morgan fingerprint density at radius 2 is 1.95 bits per heavy atom. The maximum atomic E-state index is 6.21. The second-order valence-corrected chi connectivity index (χ2v) is 6.39. The zero-order valence-electron chi connectivity index (χ0n) is 12.6. The maximum Gasteiger partial charge on any atom is 0.0409 e. The van der Waals surface area contributed by atoms with E-state index in [2.05, 4.69) is 61.6 Å². The highest BCUT2D eigenvalue weighted by Gasteiger charge is 2.44. The molecule has 1 N–H and O–H groups in total. The lowest BCUT2D eigenvalue weighted by atomic mass is 9.95. The van der Waals surface area contributed by atoms with Crippen molar-refractivity contribution in [2.45, 2.75) is 32.2 Å². The van der Waals surface area contributed by atoms with Crippen LogP contribution < -0.4 is 5.32 Å². The molecule has 1 saturated carbocycles. The second-order valence-electron chi connectivity index (χ2n) is 5.95. The fraction of sp³-hybridized carbons (Fsp3) is 0.368. The molecule has 21 heavy (non-hydrogen) atoms. The highest BCUT2D eigenvalue weighted by atomic mass is 35.5. The molecular formula is C19H22ClN. The Bertz CT molecular complexity index is 608. The van der Waals surface area contributed by atoms with Gasteiger partial charge in [-0.3, -0.25) is 0 Å². The van der Waals surface area contributed by atoms with E-state index in [1.807, 2.05) is 6.07 Å². The number of hydrogen-bond acceptors (Lipinski definition) is 1. The lowest BCUT2D eigenvalue weighted by Gasteiger charge is -2.21. The predicted octanol–water partition coefficient (Wildman–Crippen LogP) is 5.10. The minimum Gasteiger partial charge on any atom is -0.310 e. The first-order valence-corrected chi connectivity index (χ1v) is 8.13. The van der Waals surface area contributed by atoms with Crippen molar-refractivity contribution in [1.82, 2.24) is 5.32 Å². The molecule has 0 aliphatic heterocycles. The van der Waals surface area contributed by atoms with Gasteiger partial charge in [-0.25, -0.2) is 0 Å². The average Bonchev–Trinajstić information content (AvgIpc) is 3.29. The molecule has 1 aliphatic carbocycles. The highest BCUT2D eigenvalue weighted by molar-refractivity contribution is 6.30. The van der Waals surface area contributed by atoms with Gasteiger partial charge in [0.15, 0.2) is 0 Å². The van der Waals surface area contributed by atoms with Gasteiger partial charge in [-0.1, -0.05) is 54.9 Å². The van der Waals surface area contributed by atoms with Gasteiger partial charge in [0.1, 0.15) is 0 Å². The molecule has 0 aromatic heterocycles. The molecule has 2 aromatic rings. The van der Waals surface area contributed by atoms with Crippen molar-refractivity contribution in [2.75, 3.05) is 6.54 Å². The van der Waals surface area contributed by atoms with E-state index in [1.54, 1.807) is 0 Å². The van der Waals surface area contributed by atoms with Gasteiger partial charge in [0.25, 0.3) is 0 Å². The van der Waals surface area contributed by atoms with Crippen LogP contribution in [0.5, 0.6) is 0 Å². The lowest BCUT2D eigenvalue weighted by molar-refractivity contribution is 0.485. The molecule has 2 heteroatoms. The largest absolute Gasteiger partial charge is 0.310 e. The molecule has 0 spiro atoms.